The van der Waals surface area contributed by atoms with Crippen LogP contribution >= 0.6 is 11.6 Å². The summed E-state index contributed by atoms with van der Waals surface area (Å²) in [5.74, 6) is 2.29. The first-order valence-electron chi connectivity index (χ1n) is 8.18. The van der Waals surface area contributed by atoms with E-state index in [2.05, 4.69) is 26.8 Å². The van der Waals surface area contributed by atoms with Crippen molar-refractivity contribution in [3.63, 3.8) is 0 Å². The molecule has 2 N–H and O–H groups in total. The first-order chi connectivity index (χ1) is 9.97. The lowest BCUT2D eigenvalue weighted by molar-refractivity contribution is 0.101. The van der Waals surface area contributed by atoms with Crippen molar-refractivity contribution in [1.82, 2.24) is 0 Å². The summed E-state index contributed by atoms with van der Waals surface area (Å²) in [5, 5.41) is 0.710. The van der Waals surface area contributed by atoms with Crippen LogP contribution in [0, 0.1) is 11.8 Å². The van der Waals surface area contributed by atoms with Crippen LogP contribution < -0.4 is 10.5 Å². The fourth-order valence-electron chi connectivity index (χ4n) is 3.36. The van der Waals surface area contributed by atoms with Crippen molar-refractivity contribution < 1.29 is 4.74 Å². The van der Waals surface area contributed by atoms with Crippen LogP contribution in [0.25, 0.3) is 0 Å². The molecule has 1 aliphatic carbocycles. The molecule has 0 spiro atoms. The van der Waals surface area contributed by atoms with Crippen LogP contribution in [0.1, 0.15) is 52.0 Å². The van der Waals surface area contributed by atoms with E-state index in [4.69, 9.17) is 22.1 Å². The van der Waals surface area contributed by atoms with E-state index in [-0.39, 0.29) is 6.04 Å². The minimum absolute atomic E-state index is 0.202. The van der Waals surface area contributed by atoms with Crippen molar-refractivity contribution in [3.8, 4) is 5.75 Å². The average Bonchev–Trinajstić information content (AvgIpc) is 2.40. The Morgan fingerprint density at radius 2 is 1.90 bits per heavy atom. The van der Waals surface area contributed by atoms with Crippen molar-refractivity contribution >= 4 is 11.6 Å². The van der Waals surface area contributed by atoms with Gasteiger partial charge in [0, 0.05) is 6.04 Å². The van der Waals surface area contributed by atoms with Gasteiger partial charge in [-0.1, -0.05) is 38.4 Å². The van der Waals surface area contributed by atoms with E-state index in [1.807, 2.05) is 12.1 Å². The second-order valence-corrected chi connectivity index (χ2v) is 7.20. The second kappa shape index (κ2) is 7.51. The lowest BCUT2D eigenvalue weighted by Gasteiger charge is -2.32. The minimum atomic E-state index is 0.202. The number of nitrogens with two attached hydrogens (primary N) is 1. The highest BCUT2D eigenvalue weighted by Gasteiger charge is 2.25. The third-order valence-corrected chi connectivity index (χ3v) is 4.74. The van der Waals surface area contributed by atoms with E-state index in [9.17, 15) is 0 Å². The average molecular weight is 310 g/mol. The van der Waals surface area contributed by atoms with Gasteiger partial charge in [0.15, 0.2) is 0 Å². The third-order valence-electron chi connectivity index (χ3n) is 4.45. The van der Waals surface area contributed by atoms with E-state index in [0.29, 0.717) is 11.1 Å². The Morgan fingerprint density at radius 3 is 2.48 bits per heavy atom. The predicted octanol–water partition coefficient (Wildman–Crippen LogP) is 4.82. The van der Waals surface area contributed by atoms with E-state index in [1.165, 1.54) is 12.0 Å². The molecule has 1 aliphatic rings. The molecule has 0 radical (unpaired) electrons. The molecule has 2 rings (SSSR count). The van der Waals surface area contributed by atoms with Crippen LogP contribution in [0.15, 0.2) is 18.2 Å². The summed E-state index contributed by atoms with van der Waals surface area (Å²) in [6.45, 7) is 6.72. The topological polar surface area (TPSA) is 35.2 Å². The first-order valence-corrected chi connectivity index (χ1v) is 8.56. The zero-order valence-electron chi connectivity index (χ0n) is 13.4. The maximum absolute atomic E-state index is 6.38. The zero-order valence-corrected chi connectivity index (χ0v) is 14.2. The van der Waals surface area contributed by atoms with Crippen LogP contribution in [0.5, 0.6) is 5.75 Å². The lowest BCUT2D eigenvalue weighted by Crippen LogP contribution is -2.28. The number of rotatable bonds is 5. The van der Waals surface area contributed by atoms with Gasteiger partial charge >= 0.3 is 0 Å². The van der Waals surface area contributed by atoms with E-state index < -0.39 is 0 Å². The Kier molecular flexibility index (Phi) is 5.95. The highest BCUT2D eigenvalue weighted by Crippen LogP contribution is 2.34. The van der Waals surface area contributed by atoms with Gasteiger partial charge in [-0.2, -0.15) is 0 Å². The molecule has 0 aliphatic heterocycles. The summed E-state index contributed by atoms with van der Waals surface area (Å²) < 4.78 is 6.15. The second-order valence-electron chi connectivity index (χ2n) is 6.79. The lowest BCUT2D eigenvalue weighted by atomic mass is 9.82. The molecule has 1 aromatic rings. The molecule has 3 atom stereocenters. The summed E-state index contributed by atoms with van der Waals surface area (Å²) >= 11 is 6.38. The standard InChI is InChI=1S/C18H28ClNO/c1-4-15(20)10-14-5-6-18(17(19)11-14)21-16-8-12(2)7-13(3)9-16/h5-6,11-13,15-16H,4,7-10,20H2,1-3H3. The highest BCUT2D eigenvalue weighted by atomic mass is 35.5. The molecular weight excluding hydrogens is 282 g/mol. The molecule has 1 saturated carbocycles. The smallest absolute Gasteiger partial charge is 0.138 e. The van der Waals surface area contributed by atoms with Crippen LogP contribution in [0.2, 0.25) is 5.02 Å². The first kappa shape index (κ1) is 16.6. The largest absolute Gasteiger partial charge is 0.489 e. The van der Waals surface area contributed by atoms with Gasteiger partial charge in [0.05, 0.1) is 11.1 Å². The molecule has 1 fully saturated rings. The SMILES string of the molecule is CCC(N)Cc1ccc(OC2CC(C)CC(C)C2)c(Cl)c1. The van der Waals surface area contributed by atoms with Crippen molar-refractivity contribution in [1.29, 1.82) is 0 Å². The van der Waals surface area contributed by atoms with Gasteiger partial charge in [-0.25, -0.2) is 0 Å². The molecule has 0 saturated heterocycles. The van der Waals surface area contributed by atoms with Crippen LogP contribution in [-0.4, -0.2) is 12.1 Å². The molecule has 1 aromatic carbocycles. The molecule has 3 unspecified atom stereocenters. The van der Waals surface area contributed by atoms with E-state index in [0.717, 1.165) is 43.3 Å². The normalized spacial score (nSPS) is 27.4. The van der Waals surface area contributed by atoms with Gasteiger partial charge in [0.1, 0.15) is 5.75 Å². The van der Waals surface area contributed by atoms with Crippen LogP contribution in [0.3, 0.4) is 0 Å². The zero-order chi connectivity index (χ0) is 15.4. The molecule has 3 heteroatoms. The maximum atomic E-state index is 6.38. The minimum Gasteiger partial charge on any atom is -0.489 e. The molecule has 0 bridgehead atoms. The Labute approximate surface area is 134 Å². The predicted molar refractivity (Wildman–Crippen MR) is 90.0 cm³/mol. The molecule has 0 aromatic heterocycles. The fraction of sp³-hybridized carbons (Fsp3) is 0.667. The number of benzene rings is 1. The molecule has 2 nitrogen and oxygen atoms in total. The van der Waals surface area contributed by atoms with Gasteiger partial charge < -0.3 is 10.5 Å². The summed E-state index contributed by atoms with van der Waals surface area (Å²) in [7, 11) is 0. The monoisotopic (exact) mass is 309 g/mol. The molecule has 0 heterocycles. The number of hydrogen-bond acceptors (Lipinski definition) is 2. The van der Waals surface area contributed by atoms with Crippen molar-refractivity contribution in [2.24, 2.45) is 17.6 Å². The van der Waals surface area contributed by atoms with Gasteiger partial charge in [0.25, 0.3) is 0 Å². The van der Waals surface area contributed by atoms with Crippen molar-refractivity contribution in [2.75, 3.05) is 0 Å². The third kappa shape index (κ3) is 4.89. The van der Waals surface area contributed by atoms with E-state index in [1.54, 1.807) is 0 Å². The highest BCUT2D eigenvalue weighted by molar-refractivity contribution is 6.32. The van der Waals surface area contributed by atoms with Crippen LogP contribution in [0.4, 0.5) is 0 Å². The van der Waals surface area contributed by atoms with Crippen molar-refractivity contribution in [3.05, 3.63) is 28.8 Å². The Balaban J connectivity index is 2.00. The maximum Gasteiger partial charge on any atom is 0.138 e. The van der Waals surface area contributed by atoms with E-state index >= 15 is 0 Å². The fourth-order valence-corrected chi connectivity index (χ4v) is 3.61. The molecule has 21 heavy (non-hydrogen) atoms. The summed E-state index contributed by atoms with van der Waals surface area (Å²) in [6.07, 6.45) is 5.71. The Bertz CT molecular complexity index is 453. The number of halogens is 1. The van der Waals surface area contributed by atoms with Gasteiger partial charge in [-0.3, -0.25) is 0 Å². The molecule has 0 amide bonds. The Hall–Kier alpha value is -0.730. The van der Waals surface area contributed by atoms with Crippen molar-refractivity contribution in [2.45, 2.75) is 65.0 Å². The van der Waals surface area contributed by atoms with Gasteiger partial charge in [-0.15, -0.1) is 0 Å². The number of hydrogen-bond donors (Lipinski definition) is 1. The summed E-state index contributed by atoms with van der Waals surface area (Å²) in [6, 6.07) is 6.30. The summed E-state index contributed by atoms with van der Waals surface area (Å²) in [5.41, 5.74) is 7.19. The Morgan fingerprint density at radius 1 is 1.24 bits per heavy atom. The van der Waals surface area contributed by atoms with Crippen LogP contribution in [-0.2, 0) is 6.42 Å². The number of ether oxygens (including phenoxy) is 1. The summed E-state index contributed by atoms with van der Waals surface area (Å²) in [4.78, 5) is 0. The molecule has 118 valence electrons. The molecular formula is C18H28ClNO. The quantitative estimate of drug-likeness (QED) is 0.846. The van der Waals surface area contributed by atoms with Gasteiger partial charge in [-0.05, 0) is 61.6 Å². The van der Waals surface area contributed by atoms with Gasteiger partial charge in [0.2, 0.25) is 0 Å².